The molecular formula is C7H9NO4S2. The Kier molecular flexibility index (Phi) is 3.25. The summed E-state index contributed by atoms with van der Waals surface area (Å²) in [5.74, 6) is 0. The van der Waals surface area contributed by atoms with Crippen LogP contribution in [0.1, 0.15) is 0 Å². The van der Waals surface area contributed by atoms with Crippen LogP contribution in [0.15, 0.2) is 29.2 Å². The third kappa shape index (κ3) is 3.44. The Morgan fingerprint density at radius 1 is 1.29 bits per heavy atom. The zero-order chi connectivity index (χ0) is 10.8. The van der Waals surface area contributed by atoms with Crippen LogP contribution in [-0.2, 0) is 21.1 Å². The number of nitrogens with one attached hydrogen (secondary N) is 1. The van der Waals surface area contributed by atoms with Gasteiger partial charge in [0.2, 0.25) is 10.0 Å². The van der Waals surface area contributed by atoms with E-state index in [1.165, 1.54) is 24.3 Å². The quantitative estimate of drug-likeness (QED) is 0.753. The van der Waals surface area contributed by atoms with Crippen LogP contribution in [0.5, 0.6) is 0 Å². The minimum Gasteiger partial charge on any atom is -0.302 e. The Labute approximate surface area is 84.5 Å². The summed E-state index contributed by atoms with van der Waals surface area (Å²) < 4.78 is 43.1. The summed E-state index contributed by atoms with van der Waals surface area (Å²) in [4.78, 5) is 0.226. The van der Waals surface area contributed by atoms with Crippen molar-refractivity contribution in [2.24, 2.45) is 0 Å². The van der Waals surface area contributed by atoms with Crippen molar-refractivity contribution < 1.29 is 17.2 Å². The van der Waals surface area contributed by atoms with Crippen LogP contribution in [0.3, 0.4) is 0 Å². The Morgan fingerprint density at radius 3 is 2.14 bits per heavy atom. The fourth-order valence-electron chi connectivity index (χ4n) is 0.853. The van der Waals surface area contributed by atoms with Crippen LogP contribution in [0.25, 0.3) is 0 Å². The molecule has 0 radical (unpaired) electrons. The summed E-state index contributed by atoms with van der Waals surface area (Å²) in [6.07, 6.45) is 1.03. The summed E-state index contributed by atoms with van der Waals surface area (Å²) in [6, 6.07) is 5.60. The van der Waals surface area contributed by atoms with E-state index in [-0.39, 0.29) is 4.90 Å². The average Bonchev–Trinajstić information content (AvgIpc) is 2.02. The van der Waals surface area contributed by atoms with Gasteiger partial charge in [-0.15, -0.1) is 0 Å². The minimum atomic E-state index is -3.30. The summed E-state index contributed by atoms with van der Waals surface area (Å²) in [5, 5.41) is 0. The van der Waals surface area contributed by atoms with Crippen LogP contribution in [-0.4, -0.2) is 23.4 Å². The highest BCUT2D eigenvalue weighted by Crippen LogP contribution is 2.12. The second-order valence-corrected chi connectivity index (χ2v) is 5.37. The lowest BCUT2D eigenvalue weighted by Crippen LogP contribution is -2.09. The first-order chi connectivity index (χ1) is 6.38. The molecule has 1 atom stereocenters. The Morgan fingerprint density at radius 2 is 1.79 bits per heavy atom. The summed E-state index contributed by atoms with van der Waals surface area (Å²) in [7, 11) is -3.30. The van der Waals surface area contributed by atoms with E-state index in [1.807, 2.05) is 0 Å². The van der Waals surface area contributed by atoms with E-state index in [0.29, 0.717) is 5.69 Å². The number of hydrogen-bond donors (Lipinski definition) is 2. The van der Waals surface area contributed by atoms with Crippen LogP contribution in [0.4, 0.5) is 5.69 Å². The van der Waals surface area contributed by atoms with Crippen LogP contribution in [0.2, 0.25) is 0 Å². The molecule has 14 heavy (non-hydrogen) atoms. The monoisotopic (exact) mass is 235 g/mol. The molecule has 0 heterocycles. The van der Waals surface area contributed by atoms with E-state index >= 15 is 0 Å². The van der Waals surface area contributed by atoms with Gasteiger partial charge in [0.15, 0.2) is 11.1 Å². The standard InChI is InChI=1S/C7H9NO4S2/c1-14(11,12)8-6-2-4-7(5-3-6)13(9)10/h2-5,8H,1H3,(H,9,10). The highest BCUT2D eigenvalue weighted by molar-refractivity contribution is 7.92. The predicted molar refractivity (Wildman–Crippen MR) is 53.9 cm³/mol. The molecule has 0 spiro atoms. The van der Waals surface area contributed by atoms with E-state index in [1.54, 1.807) is 0 Å². The van der Waals surface area contributed by atoms with Gasteiger partial charge in [-0.05, 0) is 24.3 Å². The summed E-state index contributed by atoms with van der Waals surface area (Å²) in [5.41, 5.74) is 0.363. The van der Waals surface area contributed by atoms with Crippen molar-refractivity contribution >= 4 is 26.8 Å². The normalized spacial score (nSPS) is 13.6. The molecule has 1 rings (SSSR count). The first-order valence-electron chi connectivity index (χ1n) is 3.57. The first-order valence-corrected chi connectivity index (χ1v) is 6.57. The van der Waals surface area contributed by atoms with Gasteiger partial charge >= 0.3 is 0 Å². The van der Waals surface area contributed by atoms with Crippen molar-refractivity contribution in [3.63, 3.8) is 0 Å². The summed E-state index contributed by atoms with van der Waals surface area (Å²) in [6.45, 7) is 0. The molecule has 5 nitrogen and oxygen atoms in total. The van der Waals surface area contributed by atoms with Crippen molar-refractivity contribution in [2.75, 3.05) is 11.0 Å². The van der Waals surface area contributed by atoms with Crippen molar-refractivity contribution in [1.82, 2.24) is 0 Å². The predicted octanol–water partition coefficient (Wildman–Crippen LogP) is 0.639. The van der Waals surface area contributed by atoms with Gasteiger partial charge < -0.3 is 4.55 Å². The largest absolute Gasteiger partial charge is 0.302 e. The van der Waals surface area contributed by atoms with E-state index in [0.717, 1.165) is 6.26 Å². The highest BCUT2D eigenvalue weighted by atomic mass is 32.2. The van der Waals surface area contributed by atoms with E-state index in [9.17, 15) is 12.6 Å². The van der Waals surface area contributed by atoms with Gasteiger partial charge in [0, 0.05) is 5.69 Å². The molecule has 1 aromatic carbocycles. The zero-order valence-electron chi connectivity index (χ0n) is 7.30. The van der Waals surface area contributed by atoms with Crippen molar-refractivity contribution in [3.05, 3.63) is 24.3 Å². The Balaban J connectivity index is 2.90. The van der Waals surface area contributed by atoms with Gasteiger partial charge in [-0.25, -0.2) is 12.6 Å². The van der Waals surface area contributed by atoms with E-state index in [4.69, 9.17) is 4.55 Å². The van der Waals surface area contributed by atoms with Crippen molar-refractivity contribution in [3.8, 4) is 0 Å². The molecule has 1 unspecified atom stereocenters. The number of hydrogen-bond acceptors (Lipinski definition) is 3. The van der Waals surface area contributed by atoms with Gasteiger partial charge in [-0.1, -0.05) is 0 Å². The lowest BCUT2D eigenvalue weighted by molar-refractivity contribution is 0.564. The lowest BCUT2D eigenvalue weighted by atomic mass is 10.3. The molecule has 2 N–H and O–H groups in total. The molecular weight excluding hydrogens is 226 g/mol. The molecule has 0 aliphatic rings. The molecule has 0 bridgehead atoms. The van der Waals surface area contributed by atoms with E-state index in [2.05, 4.69) is 4.72 Å². The van der Waals surface area contributed by atoms with Crippen LogP contribution in [0, 0.1) is 0 Å². The van der Waals surface area contributed by atoms with Gasteiger partial charge in [0.25, 0.3) is 0 Å². The molecule has 7 heteroatoms. The molecule has 0 aliphatic carbocycles. The Hall–Kier alpha value is -0.920. The number of anilines is 1. The maximum atomic E-state index is 10.8. The smallest absolute Gasteiger partial charge is 0.229 e. The van der Waals surface area contributed by atoms with E-state index < -0.39 is 21.1 Å². The average molecular weight is 235 g/mol. The molecule has 0 aromatic heterocycles. The van der Waals surface area contributed by atoms with Gasteiger partial charge in [0.1, 0.15) is 0 Å². The van der Waals surface area contributed by atoms with Gasteiger partial charge in [-0.2, -0.15) is 0 Å². The van der Waals surface area contributed by atoms with Crippen LogP contribution < -0.4 is 4.72 Å². The highest BCUT2D eigenvalue weighted by Gasteiger charge is 2.03. The first kappa shape index (κ1) is 11.2. The topological polar surface area (TPSA) is 83.5 Å². The molecule has 0 saturated carbocycles. The summed E-state index contributed by atoms with van der Waals surface area (Å²) >= 11 is -2.04. The van der Waals surface area contributed by atoms with Gasteiger partial charge in [0.05, 0.1) is 11.2 Å². The second-order valence-electron chi connectivity index (χ2n) is 2.65. The molecule has 1 aromatic rings. The fourth-order valence-corrected chi connectivity index (χ4v) is 1.79. The number of sulfonamides is 1. The van der Waals surface area contributed by atoms with Crippen molar-refractivity contribution in [1.29, 1.82) is 0 Å². The number of benzene rings is 1. The van der Waals surface area contributed by atoms with Crippen LogP contribution >= 0.6 is 0 Å². The number of rotatable bonds is 3. The molecule has 78 valence electrons. The molecule has 0 aliphatic heterocycles. The zero-order valence-corrected chi connectivity index (χ0v) is 8.93. The lowest BCUT2D eigenvalue weighted by Gasteiger charge is -2.03. The van der Waals surface area contributed by atoms with Gasteiger partial charge in [-0.3, -0.25) is 4.72 Å². The molecule has 0 fully saturated rings. The third-order valence-electron chi connectivity index (χ3n) is 1.36. The maximum Gasteiger partial charge on any atom is 0.229 e. The molecule has 0 amide bonds. The minimum absolute atomic E-state index is 0.226. The van der Waals surface area contributed by atoms with Crippen molar-refractivity contribution in [2.45, 2.75) is 4.90 Å². The fraction of sp³-hybridized carbons (Fsp3) is 0.143. The molecule has 0 saturated heterocycles. The second kappa shape index (κ2) is 4.07. The maximum absolute atomic E-state index is 10.8. The Bertz CT molecular complexity index is 437. The third-order valence-corrected chi connectivity index (χ3v) is 2.64. The SMILES string of the molecule is CS(=O)(=O)Nc1ccc(S(=O)O)cc1.